The number of nitrogens with one attached hydrogen (secondary N) is 1. The number of carbonyl (C=O) groups is 1. The molecule has 0 spiro atoms. The summed E-state index contributed by atoms with van der Waals surface area (Å²) in [4.78, 5) is 11.8. The molecule has 1 aliphatic carbocycles. The highest BCUT2D eigenvalue weighted by Gasteiger charge is 2.22. The molecule has 0 aromatic carbocycles. The van der Waals surface area contributed by atoms with Crippen molar-refractivity contribution in [2.45, 2.75) is 44.7 Å². The van der Waals surface area contributed by atoms with E-state index in [2.05, 4.69) is 10.5 Å². The van der Waals surface area contributed by atoms with Crippen LogP contribution in [-0.2, 0) is 0 Å². The summed E-state index contributed by atoms with van der Waals surface area (Å²) < 4.78 is 4.86. The monoisotopic (exact) mass is 223 g/mol. The lowest BCUT2D eigenvalue weighted by Gasteiger charge is -2.26. The SMILES string of the molecule is Cc1oncc1C(=O)NC1CCC(N)CC1. The van der Waals surface area contributed by atoms with Gasteiger partial charge in [0.25, 0.3) is 5.91 Å². The van der Waals surface area contributed by atoms with Gasteiger partial charge in [-0.3, -0.25) is 4.79 Å². The fourth-order valence-corrected chi connectivity index (χ4v) is 2.04. The Labute approximate surface area is 94.4 Å². The average Bonchev–Trinajstić information content (AvgIpc) is 2.68. The minimum absolute atomic E-state index is 0.0979. The molecule has 0 aliphatic heterocycles. The van der Waals surface area contributed by atoms with E-state index in [4.69, 9.17) is 10.3 Å². The van der Waals surface area contributed by atoms with E-state index < -0.39 is 0 Å². The zero-order valence-electron chi connectivity index (χ0n) is 9.40. The molecule has 0 radical (unpaired) electrons. The zero-order chi connectivity index (χ0) is 11.5. The second-order valence-corrected chi connectivity index (χ2v) is 4.38. The standard InChI is InChI=1S/C11H17N3O2/c1-7-10(6-13-16-7)11(15)14-9-4-2-8(12)3-5-9/h6,8-9H,2-5,12H2,1H3,(H,14,15). The van der Waals surface area contributed by atoms with Crippen LogP contribution in [0.5, 0.6) is 0 Å². The van der Waals surface area contributed by atoms with Crippen molar-refractivity contribution in [3.8, 4) is 0 Å². The lowest BCUT2D eigenvalue weighted by atomic mass is 9.91. The molecule has 3 N–H and O–H groups in total. The van der Waals surface area contributed by atoms with Gasteiger partial charge in [0.1, 0.15) is 11.3 Å². The topological polar surface area (TPSA) is 81.2 Å². The first-order chi connectivity index (χ1) is 7.66. The lowest BCUT2D eigenvalue weighted by molar-refractivity contribution is 0.0924. The van der Waals surface area contributed by atoms with Gasteiger partial charge in [0, 0.05) is 12.1 Å². The van der Waals surface area contributed by atoms with Crippen LogP contribution in [0.4, 0.5) is 0 Å². The van der Waals surface area contributed by atoms with Crippen molar-refractivity contribution in [2.24, 2.45) is 5.73 Å². The molecule has 88 valence electrons. The zero-order valence-corrected chi connectivity index (χ0v) is 9.40. The highest BCUT2D eigenvalue weighted by Crippen LogP contribution is 2.17. The van der Waals surface area contributed by atoms with Gasteiger partial charge in [-0.15, -0.1) is 0 Å². The van der Waals surface area contributed by atoms with Crippen LogP contribution in [0.3, 0.4) is 0 Å². The smallest absolute Gasteiger partial charge is 0.256 e. The first-order valence-corrected chi connectivity index (χ1v) is 5.64. The summed E-state index contributed by atoms with van der Waals surface area (Å²) in [5, 5.41) is 6.58. The first kappa shape index (κ1) is 11.1. The summed E-state index contributed by atoms with van der Waals surface area (Å²) in [7, 11) is 0. The third-order valence-corrected chi connectivity index (χ3v) is 3.10. The average molecular weight is 223 g/mol. The Kier molecular flexibility index (Phi) is 3.24. The van der Waals surface area contributed by atoms with Crippen molar-refractivity contribution in [2.75, 3.05) is 0 Å². The number of aryl methyl sites for hydroxylation is 1. The Bertz CT molecular complexity index is 367. The highest BCUT2D eigenvalue weighted by molar-refractivity contribution is 5.94. The molecule has 5 heteroatoms. The molecule has 1 aliphatic rings. The van der Waals surface area contributed by atoms with Crippen molar-refractivity contribution >= 4 is 5.91 Å². The summed E-state index contributed by atoms with van der Waals surface area (Å²) >= 11 is 0. The van der Waals surface area contributed by atoms with Gasteiger partial charge >= 0.3 is 0 Å². The summed E-state index contributed by atoms with van der Waals surface area (Å²) in [5.74, 6) is 0.462. The highest BCUT2D eigenvalue weighted by atomic mass is 16.5. The number of carbonyl (C=O) groups excluding carboxylic acids is 1. The maximum absolute atomic E-state index is 11.8. The third kappa shape index (κ3) is 2.41. The molecule has 0 bridgehead atoms. The molecule has 0 saturated heterocycles. The Hall–Kier alpha value is -1.36. The predicted octanol–water partition coefficient (Wildman–Crippen LogP) is 0.983. The maximum Gasteiger partial charge on any atom is 0.256 e. The molecule has 1 amide bonds. The van der Waals surface area contributed by atoms with Crippen LogP contribution in [0.15, 0.2) is 10.7 Å². The van der Waals surface area contributed by atoms with Crippen molar-refractivity contribution in [1.82, 2.24) is 10.5 Å². The van der Waals surface area contributed by atoms with Crippen molar-refractivity contribution in [1.29, 1.82) is 0 Å². The van der Waals surface area contributed by atoms with E-state index in [-0.39, 0.29) is 11.9 Å². The molecule has 1 aromatic rings. The molecule has 1 fully saturated rings. The second kappa shape index (κ2) is 4.65. The fraction of sp³-hybridized carbons (Fsp3) is 0.636. The predicted molar refractivity (Wildman–Crippen MR) is 58.9 cm³/mol. The second-order valence-electron chi connectivity index (χ2n) is 4.38. The quantitative estimate of drug-likeness (QED) is 0.783. The third-order valence-electron chi connectivity index (χ3n) is 3.10. The minimum atomic E-state index is -0.0979. The molecule has 1 heterocycles. The van der Waals surface area contributed by atoms with Gasteiger partial charge in [-0.25, -0.2) is 0 Å². The van der Waals surface area contributed by atoms with Gasteiger partial charge < -0.3 is 15.6 Å². The minimum Gasteiger partial charge on any atom is -0.361 e. The van der Waals surface area contributed by atoms with Crippen LogP contribution in [0.2, 0.25) is 0 Å². The molecule has 0 unspecified atom stereocenters. The molecule has 16 heavy (non-hydrogen) atoms. The summed E-state index contributed by atoms with van der Waals surface area (Å²) in [6.07, 6.45) is 5.33. The first-order valence-electron chi connectivity index (χ1n) is 5.64. The van der Waals surface area contributed by atoms with Crippen molar-refractivity contribution in [3.05, 3.63) is 17.5 Å². The maximum atomic E-state index is 11.8. The molecule has 2 rings (SSSR count). The fourth-order valence-electron chi connectivity index (χ4n) is 2.04. The molecule has 5 nitrogen and oxygen atoms in total. The van der Waals surface area contributed by atoms with Gasteiger partial charge in [-0.2, -0.15) is 0 Å². The summed E-state index contributed by atoms with van der Waals surface area (Å²) in [6, 6.07) is 0.534. The normalized spacial score (nSPS) is 25.4. The largest absolute Gasteiger partial charge is 0.361 e. The van der Waals surface area contributed by atoms with Crippen LogP contribution >= 0.6 is 0 Å². The number of amides is 1. The van der Waals surface area contributed by atoms with Crippen LogP contribution in [0.1, 0.15) is 41.8 Å². The van der Waals surface area contributed by atoms with Gasteiger partial charge in [0.2, 0.25) is 0 Å². The van der Waals surface area contributed by atoms with E-state index in [1.54, 1.807) is 6.92 Å². The number of aromatic nitrogens is 1. The van der Waals surface area contributed by atoms with E-state index in [1.165, 1.54) is 6.20 Å². The summed E-state index contributed by atoms with van der Waals surface area (Å²) in [6.45, 7) is 1.73. The number of hydrogen-bond donors (Lipinski definition) is 2. The summed E-state index contributed by atoms with van der Waals surface area (Å²) in [5.41, 5.74) is 6.33. The molecule has 1 saturated carbocycles. The van der Waals surface area contributed by atoms with Crippen LogP contribution in [0.25, 0.3) is 0 Å². The van der Waals surface area contributed by atoms with Crippen molar-refractivity contribution in [3.63, 3.8) is 0 Å². The van der Waals surface area contributed by atoms with E-state index in [1.807, 2.05) is 0 Å². The number of hydrogen-bond acceptors (Lipinski definition) is 4. The number of nitrogens with two attached hydrogens (primary N) is 1. The van der Waals surface area contributed by atoms with Crippen LogP contribution in [-0.4, -0.2) is 23.1 Å². The van der Waals surface area contributed by atoms with E-state index in [0.717, 1.165) is 25.7 Å². The molecule has 1 aromatic heterocycles. The van der Waals surface area contributed by atoms with Gasteiger partial charge in [-0.1, -0.05) is 5.16 Å². The molecular weight excluding hydrogens is 206 g/mol. The van der Waals surface area contributed by atoms with Crippen LogP contribution < -0.4 is 11.1 Å². The van der Waals surface area contributed by atoms with Gasteiger partial charge in [0.05, 0.1) is 6.20 Å². The molecule has 0 atom stereocenters. The Morgan fingerprint density at radius 3 is 2.75 bits per heavy atom. The Morgan fingerprint density at radius 2 is 2.19 bits per heavy atom. The van der Waals surface area contributed by atoms with E-state index in [9.17, 15) is 4.79 Å². The lowest BCUT2D eigenvalue weighted by Crippen LogP contribution is -2.40. The van der Waals surface area contributed by atoms with E-state index in [0.29, 0.717) is 17.4 Å². The Morgan fingerprint density at radius 1 is 1.50 bits per heavy atom. The van der Waals surface area contributed by atoms with Gasteiger partial charge in [-0.05, 0) is 32.6 Å². The van der Waals surface area contributed by atoms with Gasteiger partial charge in [0.15, 0.2) is 0 Å². The number of rotatable bonds is 2. The number of nitrogens with zero attached hydrogens (tertiary/aromatic N) is 1. The molecular formula is C11H17N3O2. The van der Waals surface area contributed by atoms with Crippen molar-refractivity contribution < 1.29 is 9.32 Å². The van der Waals surface area contributed by atoms with Crippen LogP contribution in [0, 0.1) is 6.92 Å². The van der Waals surface area contributed by atoms with E-state index >= 15 is 0 Å². The Balaban J connectivity index is 1.91.